The van der Waals surface area contributed by atoms with Crippen LogP contribution in [0.15, 0.2) is 77.7 Å². The van der Waals surface area contributed by atoms with Crippen molar-refractivity contribution in [3.8, 4) is 0 Å². The van der Waals surface area contributed by atoms with E-state index in [1.165, 1.54) is 12.1 Å². The number of halogens is 1. The van der Waals surface area contributed by atoms with Gasteiger partial charge in [0.05, 0.1) is 4.90 Å². The standard InChI is InChI=1S/C25H26ClN3O3S/c1-18-5-7-22(8-6-18)28-33(31,32)24-11-9-21(10-12-24)27-25(30)19-13-15-29(16-14-19)23-4-2-3-20(26)17-23/h2-12,17,19,28H,13-16H2,1H3,(H,27,30). The van der Waals surface area contributed by atoms with Gasteiger partial charge >= 0.3 is 0 Å². The van der Waals surface area contributed by atoms with E-state index >= 15 is 0 Å². The van der Waals surface area contributed by atoms with Crippen LogP contribution in [0.5, 0.6) is 0 Å². The lowest BCUT2D eigenvalue weighted by molar-refractivity contribution is -0.120. The number of hydrogen-bond donors (Lipinski definition) is 2. The second-order valence-electron chi connectivity index (χ2n) is 8.23. The van der Waals surface area contributed by atoms with E-state index in [2.05, 4.69) is 14.9 Å². The number of carbonyl (C=O) groups excluding carboxylic acids is 1. The third-order valence-electron chi connectivity index (χ3n) is 5.78. The highest BCUT2D eigenvalue weighted by Gasteiger charge is 2.25. The number of anilines is 3. The van der Waals surface area contributed by atoms with E-state index in [1.54, 1.807) is 24.3 Å². The minimum Gasteiger partial charge on any atom is -0.371 e. The van der Waals surface area contributed by atoms with Gasteiger partial charge in [0, 0.05) is 41.1 Å². The van der Waals surface area contributed by atoms with Gasteiger partial charge in [0.2, 0.25) is 5.91 Å². The molecule has 0 saturated carbocycles. The molecule has 0 atom stereocenters. The normalized spacial score (nSPS) is 14.7. The molecule has 0 bridgehead atoms. The lowest BCUT2D eigenvalue weighted by Gasteiger charge is -2.33. The van der Waals surface area contributed by atoms with Crippen LogP contribution < -0.4 is 14.9 Å². The summed E-state index contributed by atoms with van der Waals surface area (Å²) in [6, 6.07) is 21.1. The number of aryl methyl sites for hydroxylation is 1. The maximum absolute atomic E-state index is 12.7. The number of nitrogens with zero attached hydrogens (tertiary/aromatic N) is 1. The Kier molecular flexibility index (Phi) is 6.91. The van der Waals surface area contributed by atoms with Crippen LogP contribution in [0.2, 0.25) is 5.02 Å². The molecule has 1 aliphatic heterocycles. The Labute approximate surface area is 199 Å². The topological polar surface area (TPSA) is 78.5 Å². The summed E-state index contributed by atoms with van der Waals surface area (Å²) in [7, 11) is -3.71. The smallest absolute Gasteiger partial charge is 0.261 e. The Balaban J connectivity index is 1.33. The third kappa shape index (κ3) is 5.86. The van der Waals surface area contributed by atoms with E-state index in [0.717, 1.165) is 37.2 Å². The number of benzene rings is 3. The average Bonchev–Trinajstić information content (AvgIpc) is 2.81. The molecule has 0 unspecified atom stereocenters. The van der Waals surface area contributed by atoms with Crippen LogP contribution in [-0.2, 0) is 14.8 Å². The number of amides is 1. The van der Waals surface area contributed by atoms with Gasteiger partial charge in [0.1, 0.15) is 0 Å². The molecule has 6 nitrogen and oxygen atoms in total. The van der Waals surface area contributed by atoms with E-state index < -0.39 is 10.0 Å². The Bertz CT molecular complexity index is 1220. The van der Waals surface area contributed by atoms with Gasteiger partial charge < -0.3 is 10.2 Å². The zero-order valence-corrected chi connectivity index (χ0v) is 19.9. The van der Waals surface area contributed by atoms with Crippen molar-refractivity contribution in [1.82, 2.24) is 0 Å². The molecule has 1 aliphatic rings. The molecule has 33 heavy (non-hydrogen) atoms. The maximum Gasteiger partial charge on any atom is 0.261 e. The van der Waals surface area contributed by atoms with Gasteiger partial charge in [-0.2, -0.15) is 0 Å². The molecule has 1 amide bonds. The fourth-order valence-corrected chi connectivity index (χ4v) is 5.11. The largest absolute Gasteiger partial charge is 0.371 e. The summed E-state index contributed by atoms with van der Waals surface area (Å²) in [5.74, 6) is -0.138. The first-order chi connectivity index (χ1) is 15.8. The minimum atomic E-state index is -3.71. The van der Waals surface area contributed by atoms with Crippen molar-refractivity contribution < 1.29 is 13.2 Å². The second-order valence-corrected chi connectivity index (χ2v) is 10.3. The number of piperidine rings is 1. The zero-order valence-electron chi connectivity index (χ0n) is 18.3. The van der Waals surface area contributed by atoms with E-state index in [-0.39, 0.29) is 16.7 Å². The quantitative estimate of drug-likeness (QED) is 0.498. The molecule has 1 saturated heterocycles. The van der Waals surface area contributed by atoms with Crippen molar-refractivity contribution in [3.63, 3.8) is 0 Å². The summed E-state index contributed by atoms with van der Waals surface area (Å²) in [5, 5.41) is 3.62. The molecule has 1 fully saturated rings. The van der Waals surface area contributed by atoms with Crippen LogP contribution in [0.25, 0.3) is 0 Å². The van der Waals surface area contributed by atoms with E-state index in [9.17, 15) is 13.2 Å². The molecule has 1 heterocycles. The molecule has 2 N–H and O–H groups in total. The summed E-state index contributed by atoms with van der Waals surface area (Å²) < 4.78 is 27.8. The number of rotatable bonds is 6. The molecule has 8 heteroatoms. The summed E-state index contributed by atoms with van der Waals surface area (Å²) in [6.07, 6.45) is 1.48. The van der Waals surface area contributed by atoms with Crippen molar-refractivity contribution >= 4 is 44.6 Å². The van der Waals surface area contributed by atoms with Gasteiger partial charge in [0.25, 0.3) is 10.0 Å². The van der Waals surface area contributed by atoms with Crippen LogP contribution in [0.3, 0.4) is 0 Å². The predicted octanol–water partition coefficient (Wildman–Crippen LogP) is 5.30. The summed E-state index contributed by atoms with van der Waals surface area (Å²) in [4.78, 5) is 15.1. The molecular formula is C25H26ClN3O3S. The van der Waals surface area contributed by atoms with Crippen LogP contribution >= 0.6 is 11.6 Å². The molecule has 3 aromatic rings. The van der Waals surface area contributed by atoms with Crippen LogP contribution in [0, 0.1) is 12.8 Å². The lowest BCUT2D eigenvalue weighted by Crippen LogP contribution is -2.38. The monoisotopic (exact) mass is 483 g/mol. The van der Waals surface area contributed by atoms with Gasteiger partial charge in [-0.05, 0) is 74.4 Å². The fourth-order valence-electron chi connectivity index (χ4n) is 3.87. The molecule has 0 aromatic heterocycles. The van der Waals surface area contributed by atoms with E-state index in [1.807, 2.05) is 43.3 Å². The van der Waals surface area contributed by atoms with Crippen LogP contribution in [-0.4, -0.2) is 27.4 Å². The first-order valence-electron chi connectivity index (χ1n) is 10.8. The summed E-state index contributed by atoms with van der Waals surface area (Å²) >= 11 is 6.09. The van der Waals surface area contributed by atoms with Crippen molar-refractivity contribution in [2.24, 2.45) is 5.92 Å². The van der Waals surface area contributed by atoms with E-state index in [4.69, 9.17) is 11.6 Å². The number of carbonyl (C=O) groups is 1. The first kappa shape index (κ1) is 23.1. The zero-order chi connectivity index (χ0) is 23.4. The molecule has 0 aliphatic carbocycles. The van der Waals surface area contributed by atoms with Crippen molar-refractivity contribution in [2.45, 2.75) is 24.7 Å². The Morgan fingerprint density at radius 3 is 2.21 bits per heavy atom. The Morgan fingerprint density at radius 1 is 0.939 bits per heavy atom. The Morgan fingerprint density at radius 2 is 1.58 bits per heavy atom. The molecule has 0 radical (unpaired) electrons. The molecule has 3 aromatic carbocycles. The predicted molar refractivity (Wildman–Crippen MR) is 133 cm³/mol. The minimum absolute atomic E-state index is 0.0471. The highest BCUT2D eigenvalue weighted by atomic mass is 35.5. The van der Waals surface area contributed by atoms with Gasteiger partial charge in [-0.25, -0.2) is 8.42 Å². The van der Waals surface area contributed by atoms with Crippen LogP contribution in [0.4, 0.5) is 17.1 Å². The SMILES string of the molecule is Cc1ccc(NS(=O)(=O)c2ccc(NC(=O)C3CCN(c4cccc(Cl)c4)CC3)cc2)cc1. The number of sulfonamides is 1. The highest BCUT2D eigenvalue weighted by molar-refractivity contribution is 7.92. The first-order valence-corrected chi connectivity index (χ1v) is 12.7. The molecule has 4 rings (SSSR count). The van der Waals surface area contributed by atoms with Gasteiger partial charge in [-0.1, -0.05) is 35.4 Å². The summed E-state index contributed by atoms with van der Waals surface area (Å²) in [5.41, 5.74) is 3.19. The van der Waals surface area contributed by atoms with Gasteiger partial charge in [0.15, 0.2) is 0 Å². The fraction of sp³-hybridized carbons (Fsp3) is 0.240. The van der Waals surface area contributed by atoms with Crippen molar-refractivity contribution in [3.05, 3.63) is 83.4 Å². The maximum atomic E-state index is 12.7. The van der Waals surface area contributed by atoms with E-state index in [0.29, 0.717) is 16.4 Å². The van der Waals surface area contributed by atoms with Gasteiger partial charge in [-0.3, -0.25) is 9.52 Å². The highest BCUT2D eigenvalue weighted by Crippen LogP contribution is 2.26. The van der Waals surface area contributed by atoms with Crippen molar-refractivity contribution in [1.29, 1.82) is 0 Å². The molecule has 0 spiro atoms. The number of nitrogens with one attached hydrogen (secondary N) is 2. The molecule has 172 valence electrons. The lowest BCUT2D eigenvalue weighted by atomic mass is 9.95. The van der Waals surface area contributed by atoms with Crippen LogP contribution in [0.1, 0.15) is 18.4 Å². The van der Waals surface area contributed by atoms with Crippen molar-refractivity contribution in [2.75, 3.05) is 28.0 Å². The van der Waals surface area contributed by atoms with Gasteiger partial charge in [-0.15, -0.1) is 0 Å². The second kappa shape index (κ2) is 9.85. The third-order valence-corrected chi connectivity index (χ3v) is 7.41. The number of hydrogen-bond acceptors (Lipinski definition) is 4. The average molecular weight is 484 g/mol. The Hall–Kier alpha value is -3.03. The molecular weight excluding hydrogens is 458 g/mol. The summed E-state index contributed by atoms with van der Waals surface area (Å²) in [6.45, 7) is 3.49.